The summed E-state index contributed by atoms with van der Waals surface area (Å²) in [5, 5.41) is 5.79. The van der Waals surface area contributed by atoms with Crippen LogP contribution in [0.15, 0.2) is 28.7 Å². The van der Waals surface area contributed by atoms with Crippen molar-refractivity contribution in [3.63, 3.8) is 0 Å². The predicted octanol–water partition coefficient (Wildman–Crippen LogP) is 3.44. The molecule has 0 heterocycles. The normalized spacial score (nSPS) is 10.4. The number of amides is 2. The minimum atomic E-state index is -0.0984. The van der Waals surface area contributed by atoms with Crippen molar-refractivity contribution in [2.24, 2.45) is 0 Å². The van der Waals surface area contributed by atoms with Crippen molar-refractivity contribution in [2.75, 3.05) is 0 Å². The summed E-state index contributed by atoms with van der Waals surface area (Å²) in [5.74, 6) is 0. The van der Waals surface area contributed by atoms with Gasteiger partial charge in [0.05, 0.1) is 0 Å². The molecular formula is C13H19BrN2O. The fourth-order valence-electron chi connectivity index (χ4n) is 1.56. The maximum Gasteiger partial charge on any atom is 0.315 e. The van der Waals surface area contributed by atoms with Gasteiger partial charge in [-0.25, -0.2) is 4.79 Å². The fraction of sp³-hybridized carbons (Fsp3) is 0.462. The van der Waals surface area contributed by atoms with Crippen LogP contribution in [0, 0.1) is 0 Å². The van der Waals surface area contributed by atoms with Crippen molar-refractivity contribution in [3.8, 4) is 0 Å². The fourth-order valence-corrected chi connectivity index (χ4v) is 2.01. The molecule has 3 nitrogen and oxygen atoms in total. The molecule has 0 spiro atoms. The molecule has 1 rings (SSSR count). The number of urea groups is 1. The van der Waals surface area contributed by atoms with Gasteiger partial charge in [-0.15, -0.1) is 0 Å². The molecule has 1 aromatic carbocycles. The van der Waals surface area contributed by atoms with E-state index in [4.69, 9.17) is 0 Å². The Morgan fingerprint density at radius 2 is 2.06 bits per heavy atom. The molecule has 0 atom stereocenters. The van der Waals surface area contributed by atoms with E-state index in [0.29, 0.717) is 6.54 Å². The molecule has 0 aliphatic heterocycles. The lowest BCUT2D eigenvalue weighted by atomic mass is 10.2. The van der Waals surface area contributed by atoms with Gasteiger partial charge in [-0.2, -0.15) is 0 Å². The highest BCUT2D eigenvalue weighted by Gasteiger charge is 2.07. The zero-order chi connectivity index (χ0) is 12.7. The SMILES string of the molecule is CCC(CC)NC(=O)NCc1cccc(Br)c1. The molecule has 0 saturated heterocycles. The lowest BCUT2D eigenvalue weighted by molar-refractivity contribution is 0.235. The number of rotatable bonds is 5. The molecule has 0 fully saturated rings. The molecule has 0 radical (unpaired) electrons. The molecule has 0 bridgehead atoms. The largest absolute Gasteiger partial charge is 0.335 e. The first-order valence-electron chi connectivity index (χ1n) is 5.94. The highest BCUT2D eigenvalue weighted by molar-refractivity contribution is 9.10. The van der Waals surface area contributed by atoms with Crippen molar-refractivity contribution in [2.45, 2.75) is 39.3 Å². The number of hydrogen-bond acceptors (Lipinski definition) is 1. The summed E-state index contributed by atoms with van der Waals surface area (Å²) in [6.45, 7) is 4.69. The second-order valence-corrected chi connectivity index (χ2v) is 4.89. The van der Waals surface area contributed by atoms with E-state index in [1.165, 1.54) is 0 Å². The van der Waals surface area contributed by atoms with Gasteiger partial charge < -0.3 is 10.6 Å². The maximum absolute atomic E-state index is 11.6. The van der Waals surface area contributed by atoms with E-state index in [9.17, 15) is 4.79 Å². The second kappa shape index (κ2) is 7.33. The third kappa shape index (κ3) is 5.22. The van der Waals surface area contributed by atoms with Gasteiger partial charge >= 0.3 is 6.03 Å². The van der Waals surface area contributed by atoms with Crippen LogP contribution < -0.4 is 10.6 Å². The van der Waals surface area contributed by atoms with Gasteiger partial charge in [-0.1, -0.05) is 41.9 Å². The predicted molar refractivity (Wildman–Crippen MR) is 73.9 cm³/mol. The third-order valence-electron chi connectivity index (χ3n) is 2.66. The number of halogens is 1. The average Bonchev–Trinajstić information content (AvgIpc) is 2.33. The average molecular weight is 299 g/mol. The first-order valence-corrected chi connectivity index (χ1v) is 6.73. The standard InChI is InChI=1S/C13H19BrN2O/c1-3-12(4-2)16-13(17)15-9-10-6-5-7-11(14)8-10/h5-8,12H,3-4,9H2,1-2H3,(H2,15,16,17). The van der Waals surface area contributed by atoms with Crippen molar-refractivity contribution >= 4 is 22.0 Å². The molecular weight excluding hydrogens is 280 g/mol. The summed E-state index contributed by atoms with van der Waals surface area (Å²) >= 11 is 3.40. The Balaban J connectivity index is 2.38. The summed E-state index contributed by atoms with van der Waals surface area (Å²) in [6.07, 6.45) is 1.92. The Kier molecular flexibility index (Phi) is 6.05. The first-order chi connectivity index (χ1) is 8.15. The summed E-state index contributed by atoms with van der Waals surface area (Å²) in [5.41, 5.74) is 1.08. The third-order valence-corrected chi connectivity index (χ3v) is 3.16. The highest BCUT2D eigenvalue weighted by atomic mass is 79.9. The second-order valence-electron chi connectivity index (χ2n) is 3.97. The van der Waals surface area contributed by atoms with Gasteiger partial charge in [0.2, 0.25) is 0 Å². The lowest BCUT2D eigenvalue weighted by Crippen LogP contribution is -2.41. The lowest BCUT2D eigenvalue weighted by Gasteiger charge is -2.15. The van der Waals surface area contributed by atoms with E-state index in [1.54, 1.807) is 0 Å². The quantitative estimate of drug-likeness (QED) is 0.859. The van der Waals surface area contributed by atoms with Crippen molar-refractivity contribution in [1.29, 1.82) is 0 Å². The van der Waals surface area contributed by atoms with Gasteiger partial charge in [-0.3, -0.25) is 0 Å². The smallest absolute Gasteiger partial charge is 0.315 e. The molecule has 0 aliphatic rings. The molecule has 17 heavy (non-hydrogen) atoms. The first kappa shape index (κ1) is 14.0. The van der Waals surface area contributed by atoms with Crippen LogP contribution in [0.25, 0.3) is 0 Å². The van der Waals surface area contributed by atoms with Crippen molar-refractivity contribution in [3.05, 3.63) is 34.3 Å². The Morgan fingerprint density at radius 3 is 2.65 bits per heavy atom. The van der Waals surface area contributed by atoms with Gasteiger partial charge in [0, 0.05) is 17.1 Å². The van der Waals surface area contributed by atoms with E-state index in [-0.39, 0.29) is 12.1 Å². The minimum absolute atomic E-state index is 0.0984. The summed E-state index contributed by atoms with van der Waals surface area (Å²) in [6, 6.07) is 8.07. The molecule has 94 valence electrons. The van der Waals surface area contributed by atoms with Crippen LogP contribution in [-0.2, 0) is 6.54 Å². The Bertz CT molecular complexity index is 364. The molecule has 0 saturated carbocycles. The number of carbonyl (C=O) groups excluding carboxylic acids is 1. The van der Waals surface area contributed by atoms with Crippen LogP contribution >= 0.6 is 15.9 Å². The summed E-state index contributed by atoms with van der Waals surface area (Å²) in [7, 11) is 0. The number of nitrogens with one attached hydrogen (secondary N) is 2. The van der Waals surface area contributed by atoms with E-state index < -0.39 is 0 Å². The molecule has 4 heteroatoms. The molecule has 2 amide bonds. The number of carbonyl (C=O) groups is 1. The Hall–Kier alpha value is -1.03. The molecule has 1 aromatic rings. The maximum atomic E-state index is 11.6. The van der Waals surface area contributed by atoms with Gasteiger partial charge in [-0.05, 0) is 30.5 Å². The number of benzene rings is 1. The van der Waals surface area contributed by atoms with Crippen molar-refractivity contribution < 1.29 is 4.79 Å². The zero-order valence-electron chi connectivity index (χ0n) is 10.3. The molecule has 2 N–H and O–H groups in total. The van der Waals surface area contributed by atoms with Crippen LogP contribution in [0.2, 0.25) is 0 Å². The summed E-state index contributed by atoms with van der Waals surface area (Å²) in [4.78, 5) is 11.6. The van der Waals surface area contributed by atoms with Gasteiger partial charge in [0.25, 0.3) is 0 Å². The Labute approximate surface area is 111 Å². The minimum Gasteiger partial charge on any atom is -0.335 e. The Morgan fingerprint density at radius 1 is 1.35 bits per heavy atom. The van der Waals surface area contributed by atoms with E-state index in [2.05, 4.69) is 40.4 Å². The van der Waals surface area contributed by atoms with E-state index in [1.807, 2.05) is 24.3 Å². The van der Waals surface area contributed by atoms with Gasteiger partial charge in [0.1, 0.15) is 0 Å². The summed E-state index contributed by atoms with van der Waals surface area (Å²) < 4.78 is 1.03. The van der Waals surface area contributed by atoms with Crippen LogP contribution in [0.1, 0.15) is 32.3 Å². The topological polar surface area (TPSA) is 41.1 Å². The molecule has 0 unspecified atom stereocenters. The monoisotopic (exact) mass is 298 g/mol. The number of hydrogen-bond donors (Lipinski definition) is 2. The van der Waals surface area contributed by atoms with Crippen LogP contribution in [-0.4, -0.2) is 12.1 Å². The molecule has 0 aromatic heterocycles. The zero-order valence-corrected chi connectivity index (χ0v) is 11.9. The van der Waals surface area contributed by atoms with Gasteiger partial charge in [0.15, 0.2) is 0 Å². The van der Waals surface area contributed by atoms with Crippen LogP contribution in [0.4, 0.5) is 4.79 Å². The van der Waals surface area contributed by atoms with E-state index in [0.717, 1.165) is 22.9 Å². The highest BCUT2D eigenvalue weighted by Crippen LogP contribution is 2.11. The van der Waals surface area contributed by atoms with Crippen molar-refractivity contribution in [1.82, 2.24) is 10.6 Å². The van der Waals surface area contributed by atoms with Crippen LogP contribution in [0.5, 0.6) is 0 Å². The van der Waals surface area contributed by atoms with Crippen LogP contribution in [0.3, 0.4) is 0 Å². The van der Waals surface area contributed by atoms with E-state index >= 15 is 0 Å². The molecule has 0 aliphatic carbocycles.